The fourth-order valence-corrected chi connectivity index (χ4v) is 2.99. The molecule has 0 radical (unpaired) electrons. The van der Waals surface area contributed by atoms with Crippen LogP contribution in [0.5, 0.6) is 0 Å². The summed E-state index contributed by atoms with van der Waals surface area (Å²) in [4.78, 5) is 14.6. The largest absolute Gasteiger partial charge is 0.234 e. The van der Waals surface area contributed by atoms with Gasteiger partial charge < -0.3 is 0 Å². The Labute approximate surface area is 91.6 Å². The van der Waals surface area contributed by atoms with Crippen molar-refractivity contribution in [1.82, 2.24) is 0 Å². The molecule has 0 amide bonds. The molecule has 0 fully saturated rings. The summed E-state index contributed by atoms with van der Waals surface area (Å²) >= 11 is 1.66. The van der Waals surface area contributed by atoms with Gasteiger partial charge in [0, 0.05) is 10.8 Å². The molecule has 0 N–H and O–H groups in total. The molecule has 4 heteroatoms. The Morgan fingerprint density at radius 1 is 1.60 bits per heavy atom. The van der Waals surface area contributed by atoms with E-state index < -0.39 is 0 Å². The van der Waals surface area contributed by atoms with Crippen LogP contribution in [-0.4, -0.2) is 18.4 Å². The summed E-state index contributed by atoms with van der Waals surface area (Å²) in [6.07, 6.45) is 2.53. The predicted molar refractivity (Wildman–Crippen MR) is 57.5 cm³/mol. The molecule has 0 bridgehead atoms. The zero-order valence-corrected chi connectivity index (χ0v) is 8.89. The van der Waals surface area contributed by atoms with Crippen LogP contribution in [0.25, 0.3) is 0 Å². The van der Waals surface area contributed by atoms with E-state index in [0.717, 1.165) is 22.6 Å². The fraction of sp³-hybridized carbons (Fsp3) is 0.364. The molecule has 0 spiro atoms. The van der Waals surface area contributed by atoms with Crippen molar-refractivity contribution in [2.75, 3.05) is 12.3 Å². The minimum absolute atomic E-state index is 0.208. The highest BCUT2D eigenvalue weighted by molar-refractivity contribution is 7.99. The van der Waals surface area contributed by atoms with Gasteiger partial charge in [-0.05, 0) is 29.9 Å². The first-order chi connectivity index (χ1) is 7.31. The molecule has 1 atom stereocenters. The third-order valence-corrected chi connectivity index (χ3v) is 3.62. The summed E-state index contributed by atoms with van der Waals surface area (Å²) in [5.41, 5.74) is 1.10. The van der Waals surface area contributed by atoms with Crippen LogP contribution in [0.4, 0.5) is 4.39 Å². The summed E-state index contributed by atoms with van der Waals surface area (Å²) in [5, 5.41) is 0. The summed E-state index contributed by atoms with van der Waals surface area (Å²) in [6.45, 7) is 0.461. The van der Waals surface area contributed by atoms with Crippen LogP contribution in [0, 0.1) is 5.82 Å². The maximum Gasteiger partial charge on any atom is 0.234 e. The Kier molecular flexibility index (Phi) is 3.19. The minimum Gasteiger partial charge on any atom is -0.211 e. The first-order valence-corrected chi connectivity index (χ1v) is 5.75. The molecular formula is C11H10FNOS. The lowest BCUT2D eigenvalue weighted by Gasteiger charge is -2.23. The lowest BCUT2D eigenvalue weighted by Crippen LogP contribution is -2.10. The fourth-order valence-electron chi connectivity index (χ4n) is 1.77. The molecule has 0 aromatic heterocycles. The van der Waals surface area contributed by atoms with Crippen molar-refractivity contribution < 1.29 is 9.18 Å². The van der Waals surface area contributed by atoms with Gasteiger partial charge in [0.2, 0.25) is 6.08 Å². The van der Waals surface area contributed by atoms with Crippen LogP contribution < -0.4 is 0 Å². The maximum absolute atomic E-state index is 13.0. The Morgan fingerprint density at radius 2 is 2.47 bits per heavy atom. The normalized spacial score (nSPS) is 19.1. The minimum atomic E-state index is -0.208. The third kappa shape index (κ3) is 2.28. The van der Waals surface area contributed by atoms with E-state index in [4.69, 9.17) is 0 Å². The Bertz CT molecular complexity index is 415. The lowest BCUT2D eigenvalue weighted by molar-refractivity contribution is 0.558. The molecule has 15 heavy (non-hydrogen) atoms. The topological polar surface area (TPSA) is 29.4 Å². The average Bonchev–Trinajstić information content (AvgIpc) is 2.25. The van der Waals surface area contributed by atoms with Gasteiger partial charge in [0.25, 0.3) is 0 Å². The monoisotopic (exact) mass is 223 g/mol. The van der Waals surface area contributed by atoms with Gasteiger partial charge in [-0.3, -0.25) is 0 Å². The molecule has 0 saturated heterocycles. The molecule has 2 rings (SSSR count). The number of carbonyl (C=O) groups excluding carboxylic acids is 1. The van der Waals surface area contributed by atoms with E-state index in [9.17, 15) is 9.18 Å². The number of hydrogen-bond acceptors (Lipinski definition) is 3. The molecule has 0 saturated carbocycles. The second kappa shape index (κ2) is 4.60. The van der Waals surface area contributed by atoms with Crippen LogP contribution in [0.1, 0.15) is 17.9 Å². The molecular weight excluding hydrogens is 213 g/mol. The molecule has 1 aliphatic heterocycles. The maximum atomic E-state index is 13.0. The van der Waals surface area contributed by atoms with Gasteiger partial charge in [-0.25, -0.2) is 14.2 Å². The first kappa shape index (κ1) is 10.4. The molecule has 0 aliphatic carbocycles. The van der Waals surface area contributed by atoms with Crippen molar-refractivity contribution in [1.29, 1.82) is 0 Å². The SMILES string of the molecule is O=C=NCC1CCSc2cc(F)ccc21. The highest BCUT2D eigenvalue weighted by atomic mass is 32.2. The van der Waals surface area contributed by atoms with Crippen molar-refractivity contribution >= 4 is 17.8 Å². The number of halogens is 1. The molecule has 1 aromatic carbocycles. The number of isocyanates is 1. The van der Waals surface area contributed by atoms with Crippen LogP contribution in [0.3, 0.4) is 0 Å². The summed E-state index contributed by atoms with van der Waals surface area (Å²) in [5.74, 6) is 0.985. The number of benzene rings is 1. The standard InChI is InChI=1S/C11H10FNOS/c12-9-1-2-10-8(6-13-7-14)3-4-15-11(10)5-9/h1-2,5,8H,3-4,6H2. The van der Waals surface area contributed by atoms with Gasteiger partial charge in [-0.15, -0.1) is 11.8 Å². The number of nitrogens with zero attached hydrogens (tertiary/aromatic N) is 1. The summed E-state index contributed by atoms with van der Waals surface area (Å²) in [6, 6.07) is 4.81. The first-order valence-electron chi connectivity index (χ1n) is 4.77. The third-order valence-electron chi connectivity index (χ3n) is 2.52. The van der Waals surface area contributed by atoms with Crippen LogP contribution >= 0.6 is 11.8 Å². The quantitative estimate of drug-likeness (QED) is 0.570. The van der Waals surface area contributed by atoms with Gasteiger partial charge in [-0.2, -0.15) is 0 Å². The lowest BCUT2D eigenvalue weighted by atomic mass is 9.96. The van der Waals surface area contributed by atoms with Gasteiger partial charge in [0.05, 0.1) is 6.54 Å². The van der Waals surface area contributed by atoms with Crippen LogP contribution in [0.15, 0.2) is 28.1 Å². The van der Waals surface area contributed by atoms with Crippen molar-refractivity contribution in [2.24, 2.45) is 4.99 Å². The summed E-state index contributed by atoms with van der Waals surface area (Å²) in [7, 11) is 0. The molecule has 1 unspecified atom stereocenters. The van der Waals surface area contributed by atoms with Crippen LogP contribution in [0.2, 0.25) is 0 Å². The zero-order valence-electron chi connectivity index (χ0n) is 8.07. The van der Waals surface area contributed by atoms with E-state index in [2.05, 4.69) is 4.99 Å². The molecule has 1 aliphatic rings. The predicted octanol–water partition coefficient (Wildman–Crippen LogP) is 2.74. The number of fused-ring (bicyclic) bond motifs is 1. The Morgan fingerprint density at radius 3 is 3.27 bits per heavy atom. The average molecular weight is 223 g/mol. The zero-order chi connectivity index (χ0) is 10.7. The second-order valence-electron chi connectivity index (χ2n) is 3.45. The van der Waals surface area contributed by atoms with Crippen molar-refractivity contribution in [3.63, 3.8) is 0 Å². The van der Waals surface area contributed by atoms with E-state index in [1.807, 2.05) is 0 Å². The van der Waals surface area contributed by atoms with Crippen molar-refractivity contribution in [3.05, 3.63) is 29.6 Å². The smallest absolute Gasteiger partial charge is 0.211 e. The van der Waals surface area contributed by atoms with Gasteiger partial charge in [0.1, 0.15) is 5.82 Å². The van der Waals surface area contributed by atoms with Gasteiger partial charge >= 0.3 is 0 Å². The highest BCUT2D eigenvalue weighted by Crippen LogP contribution is 2.37. The van der Waals surface area contributed by atoms with E-state index in [1.165, 1.54) is 6.07 Å². The molecule has 78 valence electrons. The second-order valence-corrected chi connectivity index (χ2v) is 4.58. The number of hydrogen-bond donors (Lipinski definition) is 0. The van der Waals surface area contributed by atoms with E-state index in [1.54, 1.807) is 30.0 Å². The highest BCUT2D eigenvalue weighted by Gasteiger charge is 2.20. The molecule has 1 aromatic rings. The molecule has 1 heterocycles. The van der Waals surface area contributed by atoms with Crippen molar-refractivity contribution in [3.8, 4) is 0 Å². The van der Waals surface area contributed by atoms with Crippen molar-refractivity contribution in [2.45, 2.75) is 17.2 Å². The van der Waals surface area contributed by atoms with E-state index >= 15 is 0 Å². The van der Waals surface area contributed by atoms with E-state index in [-0.39, 0.29) is 11.7 Å². The Hall–Kier alpha value is -1.12. The number of aliphatic imine (C=N–C) groups is 1. The Balaban J connectivity index is 2.29. The van der Waals surface area contributed by atoms with Gasteiger partial charge in [0.15, 0.2) is 0 Å². The van der Waals surface area contributed by atoms with E-state index in [0.29, 0.717) is 6.54 Å². The van der Waals surface area contributed by atoms with Crippen LogP contribution in [-0.2, 0) is 4.79 Å². The number of thioether (sulfide) groups is 1. The summed E-state index contributed by atoms with van der Waals surface area (Å²) < 4.78 is 13.0. The number of rotatable bonds is 2. The molecule has 2 nitrogen and oxygen atoms in total. The van der Waals surface area contributed by atoms with Gasteiger partial charge in [-0.1, -0.05) is 6.07 Å².